The number of carbonyl (C=O) groups is 5. The van der Waals surface area contributed by atoms with Gasteiger partial charge in [-0.3, -0.25) is 29.0 Å². The number of nitrogens with zero attached hydrogens (tertiary/aromatic N) is 5. The molecule has 0 saturated carbocycles. The molecular weight excluding hydrogens is 604 g/mol. The summed E-state index contributed by atoms with van der Waals surface area (Å²) >= 11 is 2.25. The minimum atomic E-state index is -1.56. The molecule has 2 aromatic rings. The van der Waals surface area contributed by atoms with Crippen molar-refractivity contribution in [2.75, 3.05) is 22.9 Å². The standard InChI is InChI=1S/C25H26N8O8S2/c1-10-6-14(30-40-10)32-5-4-11(19(32)35)7-12-8-42-21-16(20(36)33(21)17(12)22(37)38)29-18(34)15(13-9-43-24(27)28-13)31-41-25(2,3)23(26)39/h6-7,9,16,21H,4-5,8H2,1-3H3,(H2,26,39)(H2,27,28)(H,29,34)(H,37,38)/b11-7+,31-15-/t16-,21-/m1/s1. The number of hydrogen-bond acceptors (Lipinski definition) is 13. The number of oxime groups is 1. The van der Waals surface area contributed by atoms with E-state index in [9.17, 15) is 29.1 Å². The maximum atomic E-state index is 13.3. The normalized spacial score (nSPS) is 21.7. The van der Waals surface area contributed by atoms with Crippen LogP contribution in [0.5, 0.6) is 0 Å². The van der Waals surface area contributed by atoms with Crippen LogP contribution in [0.25, 0.3) is 0 Å². The molecule has 0 aromatic carbocycles. The minimum Gasteiger partial charge on any atom is -0.477 e. The number of hydrogen-bond donors (Lipinski definition) is 4. The van der Waals surface area contributed by atoms with Gasteiger partial charge in [-0.25, -0.2) is 9.78 Å². The van der Waals surface area contributed by atoms with Crippen LogP contribution in [0.15, 0.2) is 44.0 Å². The molecule has 4 amide bonds. The van der Waals surface area contributed by atoms with Crippen molar-refractivity contribution >= 4 is 69.4 Å². The number of nitrogens with one attached hydrogen (secondary N) is 1. The molecule has 0 spiro atoms. The van der Waals surface area contributed by atoms with Crippen LogP contribution in [-0.2, 0) is 28.8 Å². The highest BCUT2D eigenvalue weighted by Gasteiger charge is 2.54. The highest BCUT2D eigenvalue weighted by atomic mass is 32.2. The van der Waals surface area contributed by atoms with Gasteiger partial charge >= 0.3 is 5.97 Å². The summed E-state index contributed by atoms with van der Waals surface area (Å²) in [6, 6.07) is 0.520. The maximum Gasteiger partial charge on any atom is 0.352 e. The molecule has 0 aliphatic carbocycles. The molecule has 18 heteroatoms. The predicted octanol–water partition coefficient (Wildman–Crippen LogP) is 0.108. The van der Waals surface area contributed by atoms with Gasteiger partial charge in [0, 0.05) is 29.3 Å². The Hall–Kier alpha value is -4.71. The van der Waals surface area contributed by atoms with Crippen molar-refractivity contribution in [1.29, 1.82) is 0 Å². The van der Waals surface area contributed by atoms with Crippen LogP contribution in [0, 0.1) is 6.92 Å². The first-order valence-electron chi connectivity index (χ1n) is 12.7. The van der Waals surface area contributed by atoms with E-state index in [-0.39, 0.29) is 39.5 Å². The Morgan fingerprint density at radius 3 is 2.67 bits per heavy atom. The van der Waals surface area contributed by atoms with Crippen molar-refractivity contribution in [2.24, 2.45) is 10.9 Å². The molecule has 3 aliphatic rings. The number of nitrogen functional groups attached to an aromatic ring is 1. The van der Waals surface area contributed by atoms with E-state index in [1.165, 1.54) is 42.0 Å². The number of carbonyl (C=O) groups excluding carboxylic acids is 4. The van der Waals surface area contributed by atoms with Gasteiger partial charge in [-0.2, -0.15) is 0 Å². The molecule has 2 atom stereocenters. The molecule has 0 unspecified atom stereocenters. The van der Waals surface area contributed by atoms with E-state index in [4.69, 9.17) is 20.8 Å². The zero-order valence-electron chi connectivity index (χ0n) is 23.0. The molecule has 0 radical (unpaired) electrons. The Morgan fingerprint density at radius 1 is 1.33 bits per heavy atom. The van der Waals surface area contributed by atoms with E-state index in [0.717, 1.165) is 16.2 Å². The number of β-lactam (4-membered cyclic amide) rings is 1. The summed E-state index contributed by atoms with van der Waals surface area (Å²) in [6.07, 6.45) is 1.84. The number of thiazole rings is 1. The van der Waals surface area contributed by atoms with Crippen molar-refractivity contribution in [3.8, 4) is 0 Å². The number of primary amides is 1. The molecule has 6 N–H and O–H groups in total. The number of allylic oxidation sites excluding steroid dienone is 1. The van der Waals surface area contributed by atoms with E-state index in [1.807, 2.05) is 0 Å². The lowest BCUT2D eigenvalue weighted by atomic mass is 10.0. The number of fused-ring (bicyclic) bond motifs is 1. The molecule has 0 bridgehead atoms. The van der Waals surface area contributed by atoms with Gasteiger partial charge in [-0.05, 0) is 38.8 Å². The molecule has 2 aromatic heterocycles. The molecule has 43 heavy (non-hydrogen) atoms. The fourth-order valence-corrected chi connectivity index (χ4v) is 6.28. The number of carboxylic acids is 1. The number of aliphatic carboxylic acids is 1. The van der Waals surface area contributed by atoms with Crippen molar-refractivity contribution in [1.82, 2.24) is 20.4 Å². The lowest BCUT2D eigenvalue weighted by Crippen LogP contribution is -2.71. The van der Waals surface area contributed by atoms with Crippen LogP contribution < -0.4 is 21.7 Å². The Balaban J connectivity index is 1.36. The summed E-state index contributed by atoms with van der Waals surface area (Å²) in [5.74, 6) is -3.01. The summed E-state index contributed by atoms with van der Waals surface area (Å²) < 4.78 is 5.05. The van der Waals surface area contributed by atoms with E-state index in [2.05, 4.69) is 20.6 Å². The van der Waals surface area contributed by atoms with E-state index < -0.39 is 40.7 Å². The lowest BCUT2D eigenvalue weighted by molar-refractivity contribution is -0.150. The second kappa shape index (κ2) is 11.2. The van der Waals surface area contributed by atoms with Crippen LogP contribution in [0.4, 0.5) is 10.9 Å². The molecule has 3 aliphatic heterocycles. The summed E-state index contributed by atoms with van der Waals surface area (Å²) in [6.45, 7) is 4.75. The number of amides is 4. The van der Waals surface area contributed by atoms with Gasteiger partial charge in [0.2, 0.25) is 5.60 Å². The Kier molecular flexibility index (Phi) is 7.74. The topological polar surface area (TPSA) is 237 Å². The first-order chi connectivity index (χ1) is 20.3. The van der Waals surface area contributed by atoms with Gasteiger partial charge in [0.15, 0.2) is 16.7 Å². The van der Waals surface area contributed by atoms with E-state index in [0.29, 0.717) is 30.1 Å². The molecular formula is C25H26N8O8S2. The number of carboxylic acid groups (broad SMARTS) is 1. The third kappa shape index (κ3) is 5.57. The highest BCUT2D eigenvalue weighted by Crippen LogP contribution is 2.41. The van der Waals surface area contributed by atoms with Crippen molar-refractivity contribution < 1.29 is 38.4 Å². The Labute approximate surface area is 251 Å². The second-order valence-electron chi connectivity index (χ2n) is 10.2. The molecule has 2 fully saturated rings. The molecule has 16 nitrogen and oxygen atoms in total. The van der Waals surface area contributed by atoms with Gasteiger partial charge in [-0.1, -0.05) is 10.3 Å². The van der Waals surface area contributed by atoms with Gasteiger partial charge in [0.25, 0.3) is 23.6 Å². The van der Waals surface area contributed by atoms with Crippen molar-refractivity contribution in [3.63, 3.8) is 0 Å². The average molecular weight is 631 g/mol. The second-order valence-corrected chi connectivity index (χ2v) is 12.2. The third-order valence-electron chi connectivity index (χ3n) is 6.79. The zero-order chi connectivity index (χ0) is 31.2. The molecule has 226 valence electrons. The summed E-state index contributed by atoms with van der Waals surface area (Å²) in [5, 5.41) is 21.1. The Bertz CT molecular complexity index is 1640. The largest absolute Gasteiger partial charge is 0.477 e. The number of thioether (sulfide) groups is 1. The summed E-state index contributed by atoms with van der Waals surface area (Å²) in [5.41, 5.74) is 9.51. The van der Waals surface area contributed by atoms with Gasteiger partial charge < -0.3 is 31.3 Å². The smallest absolute Gasteiger partial charge is 0.352 e. The monoisotopic (exact) mass is 630 g/mol. The number of aryl methyl sites for hydroxylation is 1. The van der Waals surface area contributed by atoms with E-state index in [1.54, 1.807) is 13.0 Å². The van der Waals surface area contributed by atoms with Crippen LogP contribution in [0.3, 0.4) is 0 Å². The number of anilines is 2. The minimum absolute atomic E-state index is 0.0382. The fourth-order valence-electron chi connectivity index (χ4n) is 4.43. The predicted molar refractivity (Wildman–Crippen MR) is 153 cm³/mol. The van der Waals surface area contributed by atoms with Crippen LogP contribution in [0.1, 0.15) is 31.7 Å². The van der Waals surface area contributed by atoms with Crippen LogP contribution in [0.2, 0.25) is 0 Å². The summed E-state index contributed by atoms with van der Waals surface area (Å²) in [7, 11) is 0. The fraction of sp³-hybridized carbons (Fsp3) is 0.360. The average Bonchev–Trinajstić information content (AvgIpc) is 3.67. The number of rotatable bonds is 9. The number of nitrogens with two attached hydrogens (primary N) is 2. The van der Waals surface area contributed by atoms with Crippen molar-refractivity contribution in [3.05, 3.63) is 45.8 Å². The number of aromatic nitrogens is 2. The zero-order valence-corrected chi connectivity index (χ0v) is 24.7. The third-order valence-corrected chi connectivity index (χ3v) is 8.77. The highest BCUT2D eigenvalue weighted by molar-refractivity contribution is 8.00. The lowest BCUT2D eigenvalue weighted by Gasteiger charge is -2.49. The first kappa shape index (κ1) is 29.8. The maximum absolute atomic E-state index is 13.3. The Morgan fingerprint density at radius 2 is 2.07 bits per heavy atom. The van der Waals surface area contributed by atoms with Gasteiger partial charge in [0.05, 0.1) is 0 Å². The molecule has 5 heterocycles. The first-order valence-corrected chi connectivity index (χ1v) is 14.7. The molecule has 2 saturated heterocycles. The van der Waals surface area contributed by atoms with E-state index >= 15 is 0 Å². The quantitative estimate of drug-likeness (QED) is 0.125. The van der Waals surface area contributed by atoms with Crippen LogP contribution >= 0.6 is 23.1 Å². The van der Waals surface area contributed by atoms with Gasteiger partial charge in [0.1, 0.15) is 28.6 Å². The molecule has 5 rings (SSSR count). The van der Waals surface area contributed by atoms with Crippen molar-refractivity contribution in [2.45, 2.75) is 44.2 Å². The summed E-state index contributed by atoms with van der Waals surface area (Å²) in [4.78, 5) is 75.2. The SMILES string of the molecule is Cc1cc(N2CC/C(=C\C3=C(C(=O)O)N4C(=O)[C@@H](NC(=O)/C(=N\OC(C)(C)C(N)=O)c5csc(N)n5)[C@H]4SC3)C2=O)no1. The van der Waals surface area contributed by atoms with Gasteiger partial charge in [-0.15, -0.1) is 23.1 Å². The van der Waals surface area contributed by atoms with Crippen LogP contribution in [-0.4, -0.2) is 84.8 Å².